The molecule has 0 radical (unpaired) electrons. The summed E-state index contributed by atoms with van der Waals surface area (Å²) in [6.07, 6.45) is 0. The Balaban J connectivity index is 1.92. The summed E-state index contributed by atoms with van der Waals surface area (Å²) >= 11 is 0. The van der Waals surface area contributed by atoms with E-state index < -0.39 is 0 Å². The minimum atomic E-state index is 0.797. The van der Waals surface area contributed by atoms with Crippen molar-refractivity contribution in [2.24, 2.45) is 0 Å². The predicted octanol–water partition coefficient (Wildman–Crippen LogP) is 7.19. The van der Waals surface area contributed by atoms with Gasteiger partial charge < -0.3 is 10.3 Å². The highest BCUT2D eigenvalue weighted by molar-refractivity contribution is 6.24. The van der Waals surface area contributed by atoms with Crippen LogP contribution in [0, 0.1) is 0 Å². The van der Waals surface area contributed by atoms with Crippen LogP contribution in [0.4, 0.5) is 5.69 Å². The van der Waals surface area contributed by atoms with E-state index in [1.54, 1.807) is 0 Å². The Hall–Kier alpha value is -4.04. The zero-order chi connectivity index (χ0) is 20.1. The molecule has 2 N–H and O–H groups in total. The third-order valence-electron chi connectivity index (χ3n) is 5.93. The summed E-state index contributed by atoms with van der Waals surface area (Å²) in [6.45, 7) is 0. The van der Waals surface area contributed by atoms with Gasteiger partial charge in [0.1, 0.15) is 0 Å². The fraction of sp³-hybridized carbons (Fsp3) is 0. The average molecular weight is 384 g/mol. The number of nitrogen functional groups attached to an aromatic ring is 1. The van der Waals surface area contributed by atoms with E-state index in [0.717, 1.165) is 16.9 Å². The number of benzene rings is 5. The van der Waals surface area contributed by atoms with Crippen molar-refractivity contribution in [1.82, 2.24) is 4.57 Å². The van der Waals surface area contributed by atoms with E-state index in [0.29, 0.717) is 0 Å². The molecule has 0 aliphatic heterocycles. The van der Waals surface area contributed by atoms with E-state index in [1.807, 2.05) is 12.1 Å². The number of hydrogen-bond donors (Lipinski definition) is 1. The second-order valence-electron chi connectivity index (χ2n) is 7.64. The molecular formula is C28H20N2. The van der Waals surface area contributed by atoms with Crippen LogP contribution in [0.2, 0.25) is 0 Å². The Kier molecular flexibility index (Phi) is 3.65. The highest BCUT2D eigenvalue weighted by atomic mass is 15.0. The van der Waals surface area contributed by atoms with Gasteiger partial charge in [0.15, 0.2) is 0 Å². The third kappa shape index (κ3) is 2.37. The molecule has 1 heterocycles. The number of nitrogens with two attached hydrogens (primary N) is 1. The summed E-state index contributed by atoms with van der Waals surface area (Å²) in [5.74, 6) is 0. The molecule has 2 nitrogen and oxygen atoms in total. The van der Waals surface area contributed by atoms with Crippen molar-refractivity contribution in [3.05, 3.63) is 109 Å². The first-order valence-electron chi connectivity index (χ1n) is 10.2. The second-order valence-corrected chi connectivity index (χ2v) is 7.64. The number of anilines is 1. The number of rotatable bonds is 2. The minimum absolute atomic E-state index is 0.797. The van der Waals surface area contributed by atoms with Crippen molar-refractivity contribution in [2.75, 3.05) is 5.73 Å². The van der Waals surface area contributed by atoms with Gasteiger partial charge in [0.25, 0.3) is 0 Å². The van der Waals surface area contributed by atoms with Crippen LogP contribution in [-0.4, -0.2) is 4.57 Å². The summed E-state index contributed by atoms with van der Waals surface area (Å²) in [7, 11) is 0. The van der Waals surface area contributed by atoms with E-state index >= 15 is 0 Å². The van der Waals surface area contributed by atoms with Crippen molar-refractivity contribution in [1.29, 1.82) is 0 Å². The van der Waals surface area contributed by atoms with Gasteiger partial charge in [-0.1, -0.05) is 78.9 Å². The summed E-state index contributed by atoms with van der Waals surface area (Å²) in [5, 5.41) is 4.93. The number of para-hydroxylation sites is 3. The zero-order valence-corrected chi connectivity index (χ0v) is 16.4. The summed E-state index contributed by atoms with van der Waals surface area (Å²) < 4.78 is 2.38. The monoisotopic (exact) mass is 384 g/mol. The van der Waals surface area contributed by atoms with Gasteiger partial charge in [-0.15, -0.1) is 0 Å². The number of aromatic nitrogens is 1. The lowest BCUT2D eigenvalue weighted by atomic mass is 9.94. The van der Waals surface area contributed by atoms with Crippen molar-refractivity contribution in [3.8, 4) is 16.8 Å². The maximum atomic E-state index is 6.44. The van der Waals surface area contributed by atoms with Crippen LogP contribution in [-0.2, 0) is 0 Å². The smallest absolute Gasteiger partial charge is 0.0625 e. The van der Waals surface area contributed by atoms with Gasteiger partial charge in [0, 0.05) is 33.1 Å². The number of fused-ring (bicyclic) bond motifs is 5. The lowest BCUT2D eigenvalue weighted by Gasteiger charge is -2.13. The summed E-state index contributed by atoms with van der Waals surface area (Å²) in [5.41, 5.74) is 13.1. The van der Waals surface area contributed by atoms with Crippen molar-refractivity contribution in [3.63, 3.8) is 0 Å². The van der Waals surface area contributed by atoms with Crippen LogP contribution < -0.4 is 5.73 Å². The maximum absolute atomic E-state index is 6.44. The molecular weight excluding hydrogens is 364 g/mol. The average Bonchev–Trinajstić information content (AvgIpc) is 3.15. The van der Waals surface area contributed by atoms with Gasteiger partial charge in [0.05, 0.1) is 11.0 Å². The minimum Gasteiger partial charge on any atom is -0.398 e. The first-order chi connectivity index (χ1) is 14.8. The molecule has 0 unspecified atom stereocenters. The van der Waals surface area contributed by atoms with Gasteiger partial charge in [0.2, 0.25) is 0 Å². The Morgan fingerprint density at radius 1 is 0.567 bits per heavy atom. The van der Waals surface area contributed by atoms with Gasteiger partial charge in [-0.25, -0.2) is 0 Å². The summed E-state index contributed by atoms with van der Waals surface area (Å²) in [6, 6.07) is 38.3. The van der Waals surface area contributed by atoms with E-state index in [9.17, 15) is 0 Å². The van der Waals surface area contributed by atoms with Gasteiger partial charge >= 0.3 is 0 Å². The standard InChI is InChI=1S/C28H20N2/c29-25-16-8-6-14-22(25)24-18-19-10-4-5-13-21(19)28-27(24)23-15-7-9-17-26(23)30(28)20-11-2-1-3-12-20/h1-18H,29H2. The van der Waals surface area contributed by atoms with Crippen molar-refractivity contribution in [2.45, 2.75) is 0 Å². The van der Waals surface area contributed by atoms with Crippen LogP contribution >= 0.6 is 0 Å². The molecule has 5 aromatic carbocycles. The van der Waals surface area contributed by atoms with E-state index in [4.69, 9.17) is 5.73 Å². The first kappa shape index (κ1) is 16.9. The third-order valence-corrected chi connectivity index (χ3v) is 5.93. The van der Waals surface area contributed by atoms with Crippen molar-refractivity contribution < 1.29 is 0 Å². The largest absolute Gasteiger partial charge is 0.398 e. The molecule has 0 saturated carbocycles. The maximum Gasteiger partial charge on any atom is 0.0625 e. The highest BCUT2D eigenvalue weighted by Crippen LogP contribution is 2.43. The molecule has 6 rings (SSSR count). The van der Waals surface area contributed by atoms with Crippen molar-refractivity contribution >= 4 is 38.3 Å². The normalized spacial score (nSPS) is 11.5. The molecule has 0 fully saturated rings. The van der Waals surface area contributed by atoms with Crippen LogP contribution in [0.1, 0.15) is 0 Å². The predicted molar refractivity (Wildman–Crippen MR) is 128 cm³/mol. The Morgan fingerprint density at radius 3 is 2.07 bits per heavy atom. The molecule has 0 atom stereocenters. The van der Waals surface area contributed by atoms with E-state index in [-0.39, 0.29) is 0 Å². The van der Waals surface area contributed by atoms with Gasteiger partial charge in [-0.3, -0.25) is 0 Å². The van der Waals surface area contributed by atoms with Gasteiger partial charge in [-0.05, 0) is 41.3 Å². The molecule has 0 spiro atoms. The van der Waals surface area contributed by atoms with Crippen LogP contribution in [0.15, 0.2) is 109 Å². The SMILES string of the molecule is Nc1ccccc1-c1cc2ccccc2c2c1c1ccccc1n2-c1ccccc1. The van der Waals surface area contributed by atoms with Crippen LogP contribution in [0.25, 0.3) is 49.4 Å². The molecule has 0 bridgehead atoms. The Labute approximate surface area is 174 Å². The quantitative estimate of drug-likeness (QED) is 0.315. The molecule has 1 aromatic heterocycles. The number of hydrogen-bond acceptors (Lipinski definition) is 1. The number of nitrogens with zero attached hydrogens (tertiary/aromatic N) is 1. The Morgan fingerprint density at radius 2 is 1.23 bits per heavy atom. The lowest BCUT2D eigenvalue weighted by Crippen LogP contribution is -1.95. The van der Waals surface area contributed by atoms with Crippen LogP contribution in [0.5, 0.6) is 0 Å². The Bertz CT molecular complexity index is 1540. The topological polar surface area (TPSA) is 30.9 Å². The fourth-order valence-corrected chi connectivity index (χ4v) is 4.63. The first-order valence-corrected chi connectivity index (χ1v) is 10.2. The highest BCUT2D eigenvalue weighted by Gasteiger charge is 2.19. The zero-order valence-electron chi connectivity index (χ0n) is 16.4. The molecule has 0 saturated heterocycles. The lowest BCUT2D eigenvalue weighted by molar-refractivity contribution is 1.19. The molecule has 30 heavy (non-hydrogen) atoms. The molecule has 6 aromatic rings. The fourth-order valence-electron chi connectivity index (χ4n) is 4.63. The molecule has 142 valence electrons. The second kappa shape index (κ2) is 6.50. The molecule has 0 aliphatic rings. The van der Waals surface area contributed by atoms with E-state index in [1.165, 1.54) is 38.1 Å². The summed E-state index contributed by atoms with van der Waals surface area (Å²) in [4.78, 5) is 0. The van der Waals surface area contributed by atoms with Gasteiger partial charge in [-0.2, -0.15) is 0 Å². The van der Waals surface area contributed by atoms with Crippen LogP contribution in [0.3, 0.4) is 0 Å². The molecule has 0 aliphatic carbocycles. The van der Waals surface area contributed by atoms with E-state index in [2.05, 4.69) is 102 Å². The molecule has 0 amide bonds. The molecule has 2 heteroatoms.